The van der Waals surface area contributed by atoms with Gasteiger partial charge in [0.1, 0.15) is 0 Å². The summed E-state index contributed by atoms with van der Waals surface area (Å²) in [6.07, 6.45) is 4.90. The average molecular weight is 199 g/mol. The fourth-order valence-corrected chi connectivity index (χ4v) is 1.63. The maximum atomic E-state index is 11.9. The molecule has 0 N–H and O–H groups in total. The Morgan fingerprint density at radius 3 is 2.93 bits per heavy atom. The number of carbonyl (C=O) groups excluding carboxylic acids is 1. The standard InChI is InChI=1S/C11H18FNO/c1-2-10-5-8-13(9-6-10)11(14)4-3-7-12/h5H,2-4,6-9H2,1H3. The minimum absolute atomic E-state index is 0.0917. The maximum absolute atomic E-state index is 11.9. The highest BCUT2D eigenvalue weighted by atomic mass is 19.1. The zero-order chi connectivity index (χ0) is 10.4. The fourth-order valence-electron chi connectivity index (χ4n) is 1.63. The maximum Gasteiger partial charge on any atom is 0.222 e. The Labute approximate surface area is 84.8 Å². The number of hydrogen-bond acceptors (Lipinski definition) is 1. The van der Waals surface area contributed by atoms with Crippen molar-refractivity contribution >= 4 is 5.91 Å². The number of nitrogens with zero attached hydrogens (tertiary/aromatic N) is 1. The lowest BCUT2D eigenvalue weighted by Gasteiger charge is -2.26. The summed E-state index contributed by atoms with van der Waals surface area (Å²) in [6.45, 7) is 3.27. The summed E-state index contributed by atoms with van der Waals surface area (Å²) in [7, 11) is 0. The van der Waals surface area contributed by atoms with Crippen LogP contribution in [0.25, 0.3) is 0 Å². The molecular weight excluding hydrogens is 181 g/mol. The summed E-state index contributed by atoms with van der Waals surface area (Å²) >= 11 is 0. The van der Waals surface area contributed by atoms with Gasteiger partial charge in [-0.2, -0.15) is 0 Å². The summed E-state index contributed by atoms with van der Waals surface area (Å²) in [6, 6.07) is 0. The van der Waals surface area contributed by atoms with Crippen molar-refractivity contribution < 1.29 is 9.18 Å². The van der Waals surface area contributed by atoms with Crippen LogP contribution in [-0.4, -0.2) is 30.6 Å². The molecule has 80 valence electrons. The van der Waals surface area contributed by atoms with Gasteiger partial charge in [0.25, 0.3) is 0 Å². The van der Waals surface area contributed by atoms with E-state index in [0.29, 0.717) is 19.4 Å². The third-order valence-corrected chi connectivity index (χ3v) is 2.63. The molecule has 0 fully saturated rings. The second kappa shape index (κ2) is 5.78. The number of alkyl halides is 1. The largest absolute Gasteiger partial charge is 0.339 e. The number of halogens is 1. The first-order chi connectivity index (χ1) is 6.77. The number of carbonyl (C=O) groups is 1. The summed E-state index contributed by atoms with van der Waals surface area (Å²) in [5.41, 5.74) is 1.43. The molecule has 0 aliphatic carbocycles. The van der Waals surface area contributed by atoms with Crippen molar-refractivity contribution in [3.8, 4) is 0 Å². The molecule has 2 nitrogen and oxygen atoms in total. The van der Waals surface area contributed by atoms with Crippen molar-refractivity contribution in [3.63, 3.8) is 0 Å². The second-order valence-electron chi connectivity index (χ2n) is 3.60. The van der Waals surface area contributed by atoms with E-state index in [1.165, 1.54) is 5.57 Å². The monoisotopic (exact) mass is 199 g/mol. The lowest BCUT2D eigenvalue weighted by molar-refractivity contribution is -0.131. The molecule has 0 aromatic rings. The van der Waals surface area contributed by atoms with Crippen LogP contribution < -0.4 is 0 Å². The van der Waals surface area contributed by atoms with Crippen LogP contribution in [0.5, 0.6) is 0 Å². The molecule has 1 rings (SSSR count). The smallest absolute Gasteiger partial charge is 0.222 e. The Hall–Kier alpha value is -0.860. The van der Waals surface area contributed by atoms with Gasteiger partial charge in [-0.15, -0.1) is 0 Å². The van der Waals surface area contributed by atoms with E-state index in [4.69, 9.17) is 0 Å². The predicted molar refractivity (Wildman–Crippen MR) is 54.8 cm³/mol. The molecule has 0 aromatic heterocycles. The van der Waals surface area contributed by atoms with Crippen LogP contribution in [0.2, 0.25) is 0 Å². The third-order valence-electron chi connectivity index (χ3n) is 2.63. The molecule has 0 saturated carbocycles. The molecule has 0 spiro atoms. The molecule has 3 heteroatoms. The minimum atomic E-state index is -0.393. The van der Waals surface area contributed by atoms with Gasteiger partial charge in [-0.3, -0.25) is 9.18 Å². The van der Waals surface area contributed by atoms with Crippen molar-refractivity contribution in [2.45, 2.75) is 32.6 Å². The average Bonchev–Trinajstić information content (AvgIpc) is 2.26. The number of rotatable bonds is 4. The highest BCUT2D eigenvalue weighted by Crippen LogP contribution is 2.14. The first kappa shape index (κ1) is 11.2. The number of hydrogen-bond donors (Lipinski definition) is 0. The Kier molecular flexibility index (Phi) is 4.63. The van der Waals surface area contributed by atoms with Crippen LogP contribution in [0.1, 0.15) is 32.6 Å². The molecule has 1 amide bonds. The Morgan fingerprint density at radius 1 is 1.64 bits per heavy atom. The van der Waals surface area contributed by atoms with Gasteiger partial charge in [0.05, 0.1) is 6.67 Å². The summed E-state index contributed by atoms with van der Waals surface area (Å²) < 4.78 is 11.9. The van der Waals surface area contributed by atoms with Gasteiger partial charge < -0.3 is 4.90 Å². The van der Waals surface area contributed by atoms with Gasteiger partial charge in [-0.05, 0) is 19.3 Å². The van der Waals surface area contributed by atoms with Gasteiger partial charge >= 0.3 is 0 Å². The lowest BCUT2D eigenvalue weighted by Crippen LogP contribution is -2.34. The van der Waals surface area contributed by atoms with Crippen LogP contribution in [0.3, 0.4) is 0 Å². The molecule has 1 aliphatic rings. The van der Waals surface area contributed by atoms with E-state index < -0.39 is 6.67 Å². The van der Waals surface area contributed by atoms with Crippen molar-refractivity contribution in [1.82, 2.24) is 4.90 Å². The van der Waals surface area contributed by atoms with Crippen molar-refractivity contribution in [2.75, 3.05) is 19.8 Å². The zero-order valence-electron chi connectivity index (χ0n) is 8.76. The zero-order valence-corrected chi connectivity index (χ0v) is 8.76. The topological polar surface area (TPSA) is 20.3 Å². The van der Waals surface area contributed by atoms with Gasteiger partial charge in [0.15, 0.2) is 0 Å². The van der Waals surface area contributed by atoms with Gasteiger partial charge in [-0.25, -0.2) is 0 Å². The Morgan fingerprint density at radius 2 is 2.43 bits per heavy atom. The van der Waals surface area contributed by atoms with Crippen molar-refractivity contribution in [1.29, 1.82) is 0 Å². The molecule has 0 bridgehead atoms. The number of amides is 1. The Bertz CT molecular complexity index is 225. The first-order valence-electron chi connectivity index (χ1n) is 5.29. The van der Waals surface area contributed by atoms with Crippen LogP contribution in [-0.2, 0) is 4.79 Å². The predicted octanol–water partition coefficient (Wildman–Crippen LogP) is 2.30. The van der Waals surface area contributed by atoms with E-state index in [2.05, 4.69) is 13.0 Å². The van der Waals surface area contributed by atoms with Crippen LogP contribution in [0, 0.1) is 0 Å². The van der Waals surface area contributed by atoms with Crippen LogP contribution in [0.4, 0.5) is 4.39 Å². The summed E-state index contributed by atoms with van der Waals surface area (Å²) in [5, 5.41) is 0. The molecule has 0 unspecified atom stereocenters. The van der Waals surface area contributed by atoms with E-state index >= 15 is 0 Å². The van der Waals surface area contributed by atoms with E-state index in [1.807, 2.05) is 4.90 Å². The van der Waals surface area contributed by atoms with Crippen molar-refractivity contribution in [2.24, 2.45) is 0 Å². The molecule has 1 heterocycles. The van der Waals surface area contributed by atoms with E-state index in [1.54, 1.807) is 0 Å². The summed E-state index contributed by atoms with van der Waals surface area (Å²) in [5.74, 6) is 0.0917. The van der Waals surface area contributed by atoms with Gasteiger partial charge in [0, 0.05) is 19.5 Å². The fraction of sp³-hybridized carbons (Fsp3) is 0.727. The molecule has 0 radical (unpaired) electrons. The molecule has 0 aromatic carbocycles. The highest BCUT2D eigenvalue weighted by molar-refractivity contribution is 5.76. The molecule has 14 heavy (non-hydrogen) atoms. The summed E-state index contributed by atoms with van der Waals surface area (Å²) in [4.78, 5) is 13.3. The Balaban J connectivity index is 2.34. The lowest BCUT2D eigenvalue weighted by atomic mass is 10.1. The molecule has 0 atom stereocenters. The van der Waals surface area contributed by atoms with Gasteiger partial charge in [0.2, 0.25) is 5.91 Å². The van der Waals surface area contributed by atoms with E-state index in [9.17, 15) is 9.18 Å². The third kappa shape index (κ3) is 3.13. The van der Waals surface area contributed by atoms with Gasteiger partial charge in [-0.1, -0.05) is 18.6 Å². The first-order valence-corrected chi connectivity index (χ1v) is 5.29. The second-order valence-corrected chi connectivity index (χ2v) is 3.60. The van der Waals surface area contributed by atoms with Crippen molar-refractivity contribution in [3.05, 3.63) is 11.6 Å². The van der Waals surface area contributed by atoms with E-state index in [-0.39, 0.29) is 5.91 Å². The highest BCUT2D eigenvalue weighted by Gasteiger charge is 2.15. The normalized spacial score (nSPS) is 16.7. The molecule has 1 aliphatic heterocycles. The molecular formula is C11H18FNO. The SMILES string of the molecule is CCC1=CCN(C(=O)CCCF)CC1. The quantitative estimate of drug-likeness (QED) is 0.636. The van der Waals surface area contributed by atoms with Crippen LogP contribution >= 0.6 is 0 Å². The van der Waals surface area contributed by atoms with Crippen LogP contribution in [0.15, 0.2) is 11.6 Å². The molecule has 0 saturated heterocycles. The minimum Gasteiger partial charge on any atom is -0.339 e. The van der Waals surface area contributed by atoms with E-state index in [0.717, 1.165) is 19.4 Å².